The van der Waals surface area contributed by atoms with Crippen LogP contribution in [0.1, 0.15) is 18.7 Å². The molecule has 1 fully saturated rings. The van der Waals surface area contributed by atoms with Crippen LogP contribution in [0.3, 0.4) is 0 Å². The molecule has 1 aliphatic rings. The topological polar surface area (TPSA) is 66.2 Å². The molecule has 2 N–H and O–H groups in total. The van der Waals surface area contributed by atoms with Gasteiger partial charge in [0.05, 0.1) is 6.07 Å². The molecule has 1 aromatic rings. The van der Waals surface area contributed by atoms with Crippen molar-refractivity contribution < 1.29 is 10.2 Å². The minimum atomic E-state index is -0.154. The predicted octanol–water partition coefficient (Wildman–Crippen LogP) is 0.840. The maximum atomic E-state index is 9.02. The number of aromatic nitrogens is 2. The molecule has 0 radical (unpaired) electrons. The summed E-state index contributed by atoms with van der Waals surface area (Å²) in [6, 6.07) is 1.14. The van der Waals surface area contributed by atoms with E-state index < -0.39 is 0 Å². The van der Waals surface area contributed by atoms with Crippen molar-refractivity contribution in [1.82, 2.24) is 9.97 Å². The Hall–Kier alpha value is -1.32. The van der Waals surface area contributed by atoms with E-state index in [1.54, 1.807) is 0 Å². The zero-order valence-electron chi connectivity index (χ0n) is 6.56. The fourth-order valence-electron chi connectivity index (χ4n) is 1.14. The molecule has 4 nitrogen and oxygen atoms in total. The van der Waals surface area contributed by atoms with E-state index in [9.17, 15) is 0 Å². The Labute approximate surface area is 69.9 Å². The maximum absolute atomic E-state index is 9.02. The molecule has 0 spiro atoms. The van der Waals surface area contributed by atoms with Gasteiger partial charge in [0, 0.05) is 6.42 Å². The normalized spacial score (nSPS) is 16.3. The quantitative estimate of drug-likeness (QED) is 0.683. The Balaban J connectivity index is 2.18. The van der Waals surface area contributed by atoms with Gasteiger partial charge < -0.3 is 10.2 Å². The molecule has 0 amide bonds. The molecule has 0 bridgehead atoms. The molecule has 1 saturated carbocycles. The second kappa shape index (κ2) is 2.62. The SMILES string of the molecule is Oc1cc(O)nc(CC2CC2)n1. The highest BCUT2D eigenvalue weighted by molar-refractivity contribution is 5.18. The van der Waals surface area contributed by atoms with Crippen LogP contribution >= 0.6 is 0 Å². The van der Waals surface area contributed by atoms with Gasteiger partial charge in [0.1, 0.15) is 5.82 Å². The van der Waals surface area contributed by atoms with Crippen molar-refractivity contribution in [3.05, 3.63) is 11.9 Å². The molecule has 0 atom stereocenters. The van der Waals surface area contributed by atoms with Crippen LogP contribution in [-0.4, -0.2) is 20.2 Å². The van der Waals surface area contributed by atoms with E-state index in [-0.39, 0.29) is 11.8 Å². The van der Waals surface area contributed by atoms with Crippen molar-refractivity contribution in [2.75, 3.05) is 0 Å². The Bertz CT molecular complexity index is 277. The number of hydrogen-bond acceptors (Lipinski definition) is 4. The number of rotatable bonds is 2. The van der Waals surface area contributed by atoms with Gasteiger partial charge in [-0.2, -0.15) is 9.97 Å². The Morgan fingerprint density at radius 1 is 1.25 bits per heavy atom. The Kier molecular flexibility index (Phi) is 1.60. The van der Waals surface area contributed by atoms with Gasteiger partial charge in [0.15, 0.2) is 0 Å². The lowest BCUT2D eigenvalue weighted by atomic mass is 10.3. The highest BCUT2D eigenvalue weighted by Gasteiger charge is 2.23. The van der Waals surface area contributed by atoms with Gasteiger partial charge in [-0.3, -0.25) is 0 Å². The van der Waals surface area contributed by atoms with Gasteiger partial charge >= 0.3 is 0 Å². The molecule has 0 saturated heterocycles. The standard InChI is InChI=1S/C8H10N2O2/c11-7-4-8(12)10-6(9-7)3-5-1-2-5/h4-5H,1-3H2,(H2,9,10,11,12). The highest BCUT2D eigenvalue weighted by Crippen LogP contribution is 2.32. The zero-order chi connectivity index (χ0) is 8.55. The fraction of sp³-hybridized carbons (Fsp3) is 0.500. The number of hydrogen-bond donors (Lipinski definition) is 2. The van der Waals surface area contributed by atoms with Gasteiger partial charge in [-0.25, -0.2) is 0 Å². The van der Waals surface area contributed by atoms with Crippen LogP contribution < -0.4 is 0 Å². The average molecular weight is 166 g/mol. The van der Waals surface area contributed by atoms with Crippen molar-refractivity contribution in [3.8, 4) is 11.8 Å². The molecular weight excluding hydrogens is 156 g/mol. The third-order valence-corrected chi connectivity index (χ3v) is 1.91. The lowest BCUT2D eigenvalue weighted by molar-refractivity contribution is 0.415. The van der Waals surface area contributed by atoms with Crippen LogP contribution in [0.4, 0.5) is 0 Å². The summed E-state index contributed by atoms with van der Waals surface area (Å²) in [5.41, 5.74) is 0. The molecule has 64 valence electrons. The zero-order valence-corrected chi connectivity index (χ0v) is 6.56. The fourth-order valence-corrected chi connectivity index (χ4v) is 1.14. The summed E-state index contributed by atoms with van der Waals surface area (Å²) < 4.78 is 0. The minimum Gasteiger partial charge on any atom is -0.493 e. The second-order valence-electron chi connectivity index (χ2n) is 3.15. The molecule has 2 rings (SSSR count). The first-order chi connectivity index (χ1) is 5.74. The average Bonchev–Trinajstić information content (AvgIpc) is 2.68. The smallest absolute Gasteiger partial charge is 0.217 e. The Morgan fingerprint density at radius 2 is 1.83 bits per heavy atom. The highest BCUT2D eigenvalue weighted by atomic mass is 16.3. The summed E-state index contributed by atoms with van der Waals surface area (Å²) >= 11 is 0. The van der Waals surface area contributed by atoms with Gasteiger partial charge in [0.2, 0.25) is 11.8 Å². The minimum absolute atomic E-state index is 0.154. The third kappa shape index (κ3) is 1.64. The lowest BCUT2D eigenvalue weighted by Crippen LogP contribution is -1.95. The van der Waals surface area contributed by atoms with E-state index in [1.807, 2.05) is 0 Å². The van der Waals surface area contributed by atoms with E-state index in [4.69, 9.17) is 10.2 Å². The molecule has 4 heteroatoms. The van der Waals surface area contributed by atoms with Crippen LogP contribution in [0, 0.1) is 5.92 Å². The molecule has 1 aliphatic carbocycles. The van der Waals surface area contributed by atoms with Gasteiger partial charge in [-0.15, -0.1) is 0 Å². The van der Waals surface area contributed by atoms with Crippen LogP contribution in [0.25, 0.3) is 0 Å². The monoisotopic (exact) mass is 166 g/mol. The van der Waals surface area contributed by atoms with Crippen LogP contribution in [0.5, 0.6) is 11.8 Å². The predicted molar refractivity (Wildman–Crippen MR) is 41.8 cm³/mol. The van der Waals surface area contributed by atoms with Crippen molar-refractivity contribution in [1.29, 1.82) is 0 Å². The first kappa shape index (κ1) is 7.34. The molecular formula is C8H10N2O2. The number of nitrogens with zero attached hydrogens (tertiary/aromatic N) is 2. The third-order valence-electron chi connectivity index (χ3n) is 1.91. The molecule has 0 unspecified atom stereocenters. The van der Waals surface area contributed by atoms with Crippen molar-refractivity contribution in [2.45, 2.75) is 19.3 Å². The summed E-state index contributed by atoms with van der Waals surface area (Å²) in [6.07, 6.45) is 3.18. The summed E-state index contributed by atoms with van der Waals surface area (Å²) in [5.74, 6) is 0.887. The van der Waals surface area contributed by atoms with E-state index >= 15 is 0 Å². The molecule has 0 aliphatic heterocycles. The van der Waals surface area contributed by atoms with Crippen LogP contribution in [0.2, 0.25) is 0 Å². The molecule has 1 aromatic heterocycles. The van der Waals surface area contributed by atoms with E-state index in [0.717, 1.165) is 12.5 Å². The second-order valence-corrected chi connectivity index (χ2v) is 3.15. The van der Waals surface area contributed by atoms with E-state index in [2.05, 4.69) is 9.97 Å². The first-order valence-electron chi connectivity index (χ1n) is 4.00. The van der Waals surface area contributed by atoms with E-state index in [0.29, 0.717) is 11.7 Å². The van der Waals surface area contributed by atoms with Crippen molar-refractivity contribution >= 4 is 0 Å². The first-order valence-corrected chi connectivity index (χ1v) is 4.00. The maximum Gasteiger partial charge on any atom is 0.217 e. The van der Waals surface area contributed by atoms with Crippen molar-refractivity contribution in [2.24, 2.45) is 5.92 Å². The van der Waals surface area contributed by atoms with Gasteiger partial charge in [-0.05, 0) is 18.8 Å². The summed E-state index contributed by atoms with van der Waals surface area (Å²) in [7, 11) is 0. The lowest BCUT2D eigenvalue weighted by Gasteiger charge is -1.98. The van der Waals surface area contributed by atoms with E-state index in [1.165, 1.54) is 12.8 Å². The summed E-state index contributed by atoms with van der Waals surface area (Å²) in [6.45, 7) is 0. The molecule has 0 aromatic carbocycles. The van der Waals surface area contributed by atoms with Crippen LogP contribution in [-0.2, 0) is 6.42 Å². The van der Waals surface area contributed by atoms with Crippen molar-refractivity contribution in [3.63, 3.8) is 0 Å². The Morgan fingerprint density at radius 3 is 2.33 bits per heavy atom. The van der Waals surface area contributed by atoms with Gasteiger partial charge in [0.25, 0.3) is 0 Å². The summed E-state index contributed by atoms with van der Waals surface area (Å²) in [5, 5.41) is 18.0. The summed E-state index contributed by atoms with van der Waals surface area (Å²) in [4.78, 5) is 7.60. The van der Waals surface area contributed by atoms with Crippen LogP contribution in [0.15, 0.2) is 6.07 Å². The molecule has 1 heterocycles. The largest absolute Gasteiger partial charge is 0.493 e. The van der Waals surface area contributed by atoms with Gasteiger partial charge in [-0.1, -0.05) is 0 Å². The number of aromatic hydroxyl groups is 2. The molecule has 12 heavy (non-hydrogen) atoms.